The fraction of sp³-hybridized carbons (Fsp3) is 0.208. The number of hydrogen-bond donors (Lipinski definition) is 1. The van der Waals surface area contributed by atoms with Crippen LogP contribution in [-0.2, 0) is 12.0 Å². The van der Waals surface area contributed by atoms with E-state index < -0.39 is 0 Å². The zero-order valence-electron chi connectivity index (χ0n) is 15.1. The van der Waals surface area contributed by atoms with Crippen molar-refractivity contribution in [2.75, 3.05) is 0 Å². The summed E-state index contributed by atoms with van der Waals surface area (Å²) in [7, 11) is 0. The van der Waals surface area contributed by atoms with Gasteiger partial charge in [0.2, 0.25) is 0 Å². The van der Waals surface area contributed by atoms with E-state index in [1.165, 1.54) is 16.7 Å². The smallest absolute Gasteiger partial charge is 0.109 e. The van der Waals surface area contributed by atoms with E-state index in [4.69, 9.17) is 4.99 Å². The molecule has 1 aliphatic rings. The van der Waals surface area contributed by atoms with E-state index >= 15 is 0 Å². The van der Waals surface area contributed by atoms with Crippen LogP contribution < -0.4 is 5.32 Å². The molecule has 26 heavy (non-hydrogen) atoms. The second kappa shape index (κ2) is 7.17. The largest absolute Gasteiger partial charge is 0.364 e. The van der Waals surface area contributed by atoms with Gasteiger partial charge in [0.05, 0.1) is 11.9 Å². The Morgan fingerprint density at radius 2 is 1.35 bits per heavy atom. The highest BCUT2D eigenvalue weighted by molar-refractivity contribution is 5.85. The first kappa shape index (κ1) is 16.6. The van der Waals surface area contributed by atoms with Gasteiger partial charge >= 0.3 is 0 Å². The van der Waals surface area contributed by atoms with Gasteiger partial charge in [-0.05, 0) is 30.0 Å². The summed E-state index contributed by atoms with van der Waals surface area (Å²) in [6.07, 6.45) is 1.93. The van der Waals surface area contributed by atoms with Gasteiger partial charge in [-0.15, -0.1) is 0 Å². The Hall–Kier alpha value is -2.87. The van der Waals surface area contributed by atoms with Crippen LogP contribution >= 0.6 is 0 Å². The minimum atomic E-state index is -0.297. The number of hydrogen-bond acceptors (Lipinski definition) is 2. The first-order valence-corrected chi connectivity index (χ1v) is 9.25. The van der Waals surface area contributed by atoms with E-state index in [9.17, 15) is 0 Å². The van der Waals surface area contributed by atoms with Crippen molar-refractivity contribution in [2.24, 2.45) is 4.99 Å². The zero-order valence-corrected chi connectivity index (χ0v) is 15.1. The van der Waals surface area contributed by atoms with Crippen molar-refractivity contribution in [3.8, 4) is 0 Å². The van der Waals surface area contributed by atoms with E-state index in [1.807, 2.05) is 0 Å². The minimum Gasteiger partial charge on any atom is -0.364 e. The predicted molar refractivity (Wildman–Crippen MR) is 108 cm³/mol. The van der Waals surface area contributed by atoms with Gasteiger partial charge in [0.1, 0.15) is 5.54 Å². The van der Waals surface area contributed by atoms with Gasteiger partial charge in [-0.3, -0.25) is 4.99 Å². The molecule has 1 aliphatic heterocycles. The fourth-order valence-electron chi connectivity index (χ4n) is 3.78. The Morgan fingerprint density at radius 3 is 2.00 bits per heavy atom. The summed E-state index contributed by atoms with van der Waals surface area (Å²) in [5.74, 6) is 1.09. The first-order valence-electron chi connectivity index (χ1n) is 9.25. The summed E-state index contributed by atoms with van der Waals surface area (Å²) in [5.41, 5.74) is 3.57. The van der Waals surface area contributed by atoms with Crippen molar-refractivity contribution in [1.82, 2.24) is 5.32 Å². The normalized spacial score (nSPS) is 21.9. The summed E-state index contributed by atoms with van der Waals surface area (Å²) in [5, 5.41) is 3.72. The monoisotopic (exact) mass is 340 g/mol. The summed E-state index contributed by atoms with van der Waals surface area (Å²) < 4.78 is 0. The third kappa shape index (κ3) is 3.28. The maximum atomic E-state index is 5.17. The SMILES string of the molecule is CC1(c2ccccc2)N=C(CCc2ccccc2)NC1c1ccccc1. The fourth-order valence-corrected chi connectivity index (χ4v) is 3.78. The lowest BCUT2D eigenvalue weighted by Crippen LogP contribution is -2.32. The number of amidine groups is 1. The molecule has 1 heterocycles. The molecule has 2 nitrogen and oxygen atoms in total. The quantitative estimate of drug-likeness (QED) is 0.671. The van der Waals surface area contributed by atoms with E-state index in [0.29, 0.717) is 0 Å². The zero-order chi connectivity index (χ0) is 17.8. The van der Waals surface area contributed by atoms with Crippen molar-refractivity contribution >= 4 is 5.84 Å². The van der Waals surface area contributed by atoms with Crippen molar-refractivity contribution in [1.29, 1.82) is 0 Å². The number of aryl methyl sites for hydroxylation is 1. The van der Waals surface area contributed by atoms with Crippen LogP contribution in [0.5, 0.6) is 0 Å². The molecule has 0 amide bonds. The standard InChI is InChI=1S/C24H24N2/c1-24(21-15-9-4-10-16-21)23(20-13-7-3-8-14-20)25-22(26-24)18-17-19-11-5-2-6-12-19/h2-16,23H,17-18H2,1H3,(H,25,26). The van der Waals surface area contributed by atoms with Gasteiger partial charge in [0.15, 0.2) is 0 Å². The van der Waals surface area contributed by atoms with Crippen LogP contribution in [0.1, 0.15) is 36.1 Å². The molecule has 130 valence electrons. The summed E-state index contributed by atoms with van der Waals surface area (Å²) in [4.78, 5) is 5.17. The van der Waals surface area contributed by atoms with Crippen molar-refractivity contribution in [3.05, 3.63) is 108 Å². The number of nitrogens with one attached hydrogen (secondary N) is 1. The Kier molecular flexibility index (Phi) is 4.57. The molecular formula is C24H24N2. The molecular weight excluding hydrogens is 316 g/mol. The molecule has 0 fully saturated rings. The average molecular weight is 340 g/mol. The van der Waals surface area contributed by atoms with Crippen molar-refractivity contribution in [2.45, 2.75) is 31.3 Å². The Morgan fingerprint density at radius 1 is 0.769 bits per heavy atom. The summed E-state index contributed by atoms with van der Waals surface area (Å²) >= 11 is 0. The van der Waals surface area contributed by atoms with E-state index in [0.717, 1.165) is 18.7 Å². The van der Waals surface area contributed by atoms with Crippen LogP contribution in [0.25, 0.3) is 0 Å². The molecule has 0 saturated heterocycles. The molecule has 0 radical (unpaired) electrons. The second-order valence-corrected chi connectivity index (χ2v) is 7.05. The summed E-state index contributed by atoms with van der Waals surface area (Å²) in [6.45, 7) is 2.24. The number of rotatable bonds is 5. The van der Waals surface area contributed by atoms with Crippen LogP contribution in [-0.4, -0.2) is 5.84 Å². The molecule has 0 aromatic heterocycles. The predicted octanol–water partition coefficient (Wildman–Crippen LogP) is 5.28. The van der Waals surface area contributed by atoms with E-state index in [1.54, 1.807) is 0 Å². The van der Waals surface area contributed by atoms with Gasteiger partial charge in [0, 0.05) is 6.42 Å². The molecule has 0 saturated carbocycles. The molecule has 1 N–H and O–H groups in total. The number of nitrogens with zero attached hydrogens (tertiary/aromatic N) is 1. The van der Waals surface area contributed by atoms with Gasteiger partial charge in [-0.25, -0.2) is 0 Å². The molecule has 3 aromatic rings. The lowest BCUT2D eigenvalue weighted by molar-refractivity contribution is 0.405. The lowest BCUT2D eigenvalue weighted by atomic mass is 9.82. The van der Waals surface area contributed by atoms with Gasteiger partial charge in [-0.1, -0.05) is 91.0 Å². The molecule has 0 spiro atoms. The van der Waals surface area contributed by atoms with Crippen LogP contribution in [0.15, 0.2) is 96.0 Å². The number of aliphatic imine (C=N–C) groups is 1. The Bertz CT molecular complexity index is 872. The van der Waals surface area contributed by atoms with Crippen LogP contribution in [0.3, 0.4) is 0 Å². The molecule has 3 aromatic carbocycles. The Labute approximate surface area is 155 Å². The highest BCUT2D eigenvalue weighted by Crippen LogP contribution is 2.42. The highest BCUT2D eigenvalue weighted by atomic mass is 15.2. The minimum absolute atomic E-state index is 0.150. The topological polar surface area (TPSA) is 24.4 Å². The third-order valence-electron chi connectivity index (χ3n) is 5.22. The molecule has 0 bridgehead atoms. The van der Waals surface area contributed by atoms with E-state index in [2.05, 4.69) is 103 Å². The second-order valence-electron chi connectivity index (χ2n) is 7.05. The third-order valence-corrected chi connectivity index (χ3v) is 5.22. The molecule has 0 aliphatic carbocycles. The molecule has 4 rings (SSSR count). The van der Waals surface area contributed by atoms with Crippen LogP contribution in [0.2, 0.25) is 0 Å². The maximum Gasteiger partial charge on any atom is 0.109 e. The maximum absolute atomic E-state index is 5.17. The summed E-state index contributed by atoms with van der Waals surface area (Å²) in [6, 6.07) is 32.0. The van der Waals surface area contributed by atoms with E-state index in [-0.39, 0.29) is 11.6 Å². The van der Waals surface area contributed by atoms with Gasteiger partial charge < -0.3 is 5.32 Å². The first-order chi connectivity index (χ1) is 12.8. The molecule has 2 unspecified atom stereocenters. The van der Waals surface area contributed by atoms with Crippen molar-refractivity contribution < 1.29 is 0 Å². The van der Waals surface area contributed by atoms with Gasteiger partial charge in [-0.2, -0.15) is 0 Å². The Balaban J connectivity index is 1.63. The van der Waals surface area contributed by atoms with Crippen LogP contribution in [0.4, 0.5) is 0 Å². The molecule has 2 atom stereocenters. The highest BCUT2D eigenvalue weighted by Gasteiger charge is 2.41. The lowest BCUT2D eigenvalue weighted by Gasteiger charge is -2.30. The number of benzene rings is 3. The average Bonchev–Trinajstić information content (AvgIpc) is 3.06. The van der Waals surface area contributed by atoms with Crippen molar-refractivity contribution in [3.63, 3.8) is 0 Å². The molecule has 2 heteroatoms. The van der Waals surface area contributed by atoms with Crippen LogP contribution in [0, 0.1) is 0 Å². The van der Waals surface area contributed by atoms with Gasteiger partial charge in [0.25, 0.3) is 0 Å².